The number of benzene rings is 2. The molecule has 0 bridgehead atoms. The Morgan fingerprint density at radius 2 is 1.82 bits per heavy atom. The lowest BCUT2D eigenvalue weighted by Gasteiger charge is -2.42. The molecule has 0 saturated carbocycles. The summed E-state index contributed by atoms with van der Waals surface area (Å²) in [7, 11) is -3.46. The Bertz CT molecular complexity index is 1270. The standard InChI is InChI=1S/C23H24F3N3O4S/c1-3-29-21(33-19-10-8-17(9-11-19)23(24,25)26)13-20(27-29)16-6-5-7-18(12-16)22(14-32-15-22)28-34(30,31)4-2/h5-13,28H,3-4,14-15H2,1-2H3. The molecular weight excluding hydrogens is 471 g/mol. The van der Waals surface area contributed by atoms with Gasteiger partial charge in [-0.2, -0.15) is 23.0 Å². The van der Waals surface area contributed by atoms with Gasteiger partial charge < -0.3 is 9.47 Å². The van der Waals surface area contributed by atoms with E-state index >= 15 is 0 Å². The summed E-state index contributed by atoms with van der Waals surface area (Å²) in [5.74, 6) is 0.582. The van der Waals surface area contributed by atoms with Gasteiger partial charge >= 0.3 is 6.18 Å². The third-order valence-electron chi connectivity index (χ3n) is 5.59. The molecule has 1 fully saturated rings. The number of aryl methyl sites for hydroxylation is 1. The van der Waals surface area contributed by atoms with Crippen molar-refractivity contribution in [2.45, 2.75) is 32.1 Å². The predicted octanol–water partition coefficient (Wildman–Crippen LogP) is 4.55. The van der Waals surface area contributed by atoms with Gasteiger partial charge in [-0.3, -0.25) is 0 Å². The molecule has 1 N–H and O–H groups in total. The van der Waals surface area contributed by atoms with Gasteiger partial charge in [0.2, 0.25) is 15.9 Å². The quantitative estimate of drug-likeness (QED) is 0.496. The molecule has 1 aliphatic heterocycles. The largest absolute Gasteiger partial charge is 0.439 e. The summed E-state index contributed by atoms with van der Waals surface area (Å²) in [5.41, 5.74) is 0.486. The van der Waals surface area contributed by atoms with Crippen molar-refractivity contribution < 1.29 is 31.1 Å². The van der Waals surface area contributed by atoms with Crippen molar-refractivity contribution in [3.8, 4) is 22.9 Å². The lowest BCUT2D eigenvalue weighted by molar-refractivity contribution is -0.137. The minimum absolute atomic E-state index is 0.0417. The number of halogens is 3. The van der Waals surface area contributed by atoms with E-state index < -0.39 is 27.3 Å². The van der Waals surface area contributed by atoms with Crippen molar-refractivity contribution >= 4 is 10.0 Å². The van der Waals surface area contributed by atoms with Crippen molar-refractivity contribution in [2.24, 2.45) is 0 Å². The van der Waals surface area contributed by atoms with Gasteiger partial charge in [0.15, 0.2) is 0 Å². The summed E-state index contributed by atoms with van der Waals surface area (Å²) in [6, 6.07) is 13.5. The zero-order valence-corrected chi connectivity index (χ0v) is 19.4. The van der Waals surface area contributed by atoms with Crippen molar-refractivity contribution in [3.05, 3.63) is 65.7 Å². The summed E-state index contributed by atoms with van der Waals surface area (Å²) in [6.07, 6.45) is -4.42. The number of rotatable bonds is 8. The average Bonchev–Trinajstić information content (AvgIpc) is 3.19. The topological polar surface area (TPSA) is 82.5 Å². The highest BCUT2D eigenvalue weighted by molar-refractivity contribution is 7.89. The van der Waals surface area contributed by atoms with Gasteiger partial charge in [-0.05, 0) is 49.7 Å². The Labute approximate surface area is 195 Å². The zero-order valence-electron chi connectivity index (χ0n) is 18.6. The van der Waals surface area contributed by atoms with Crippen LogP contribution in [0.25, 0.3) is 11.3 Å². The van der Waals surface area contributed by atoms with Crippen molar-refractivity contribution in [2.75, 3.05) is 19.0 Å². The van der Waals surface area contributed by atoms with Crippen LogP contribution >= 0.6 is 0 Å². The van der Waals surface area contributed by atoms with Crippen LogP contribution in [0.3, 0.4) is 0 Å². The highest BCUT2D eigenvalue weighted by Crippen LogP contribution is 2.35. The molecule has 7 nitrogen and oxygen atoms in total. The maximum atomic E-state index is 12.8. The molecule has 2 heterocycles. The van der Waals surface area contributed by atoms with Crippen LogP contribution in [0.2, 0.25) is 0 Å². The lowest BCUT2D eigenvalue weighted by atomic mass is 9.88. The third kappa shape index (κ3) is 4.96. The van der Waals surface area contributed by atoms with Gasteiger partial charge in [0, 0.05) is 18.2 Å². The van der Waals surface area contributed by atoms with E-state index in [0.29, 0.717) is 18.1 Å². The van der Waals surface area contributed by atoms with Crippen LogP contribution in [0.15, 0.2) is 54.6 Å². The van der Waals surface area contributed by atoms with E-state index in [-0.39, 0.29) is 24.7 Å². The summed E-state index contributed by atoms with van der Waals surface area (Å²) in [6.45, 7) is 4.36. The van der Waals surface area contributed by atoms with Crippen LogP contribution in [0.5, 0.6) is 11.6 Å². The predicted molar refractivity (Wildman–Crippen MR) is 120 cm³/mol. The van der Waals surface area contributed by atoms with E-state index in [1.54, 1.807) is 17.7 Å². The minimum Gasteiger partial charge on any atom is -0.439 e. The van der Waals surface area contributed by atoms with Crippen molar-refractivity contribution in [1.29, 1.82) is 0 Å². The Morgan fingerprint density at radius 1 is 1.12 bits per heavy atom. The van der Waals surface area contributed by atoms with Crippen LogP contribution in [0, 0.1) is 0 Å². The fraction of sp³-hybridized carbons (Fsp3) is 0.348. The Balaban J connectivity index is 1.61. The van der Waals surface area contributed by atoms with Crippen LogP contribution < -0.4 is 9.46 Å². The van der Waals surface area contributed by atoms with Gasteiger partial charge in [-0.15, -0.1) is 0 Å². The number of aromatic nitrogens is 2. The normalized spacial score (nSPS) is 15.7. The number of hydrogen-bond acceptors (Lipinski definition) is 5. The second-order valence-corrected chi connectivity index (χ2v) is 9.98. The first-order valence-electron chi connectivity index (χ1n) is 10.7. The van der Waals surface area contributed by atoms with Gasteiger partial charge in [-0.1, -0.05) is 18.2 Å². The molecule has 1 aliphatic rings. The summed E-state index contributed by atoms with van der Waals surface area (Å²) in [4.78, 5) is 0. The minimum atomic E-state index is -4.42. The van der Waals surface area contributed by atoms with Crippen LogP contribution in [-0.2, 0) is 33.0 Å². The number of ether oxygens (including phenoxy) is 2. The van der Waals surface area contributed by atoms with Crippen molar-refractivity contribution in [3.63, 3.8) is 0 Å². The monoisotopic (exact) mass is 495 g/mol. The first kappa shape index (κ1) is 24.2. The second-order valence-electron chi connectivity index (χ2n) is 7.97. The van der Waals surface area contributed by atoms with Crippen LogP contribution in [-0.4, -0.2) is 37.2 Å². The molecule has 11 heteroatoms. The van der Waals surface area contributed by atoms with Gasteiger partial charge in [-0.25, -0.2) is 13.1 Å². The third-order valence-corrected chi connectivity index (χ3v) is 7.05. The summed E-state index contributed by atoms with van der Waals surface area (Å²) >= 11 is 0. The molecule has 0 spiro atoms. The molecule has 0 amide bonds. The molecular formula is C23H24F3N3O4S. The number of nitrogens with zero attached hydrogens (tertiary/aromatic N) is 2. The summed E-state index contributed by atoms with van der Waals surface area (Å²) < 4.78 is 78.3. The van der Waals surface area contributed by atoms with Crippen LogP contribution in [0.4, 0.5) is 13.2 Å². The smallest absolute Gasteiger partial charge is 0.416 e. The second kappa shape index (κ2) is 9.05. The van der Waals surface area contributed by atoms with E-state index in [2.05, 4.69) is 9.82 Å². The Hall–Kier alpha value is -2.89. The molecule has 0 atom stereocenters. The lowest BCUT2D eigenvalue weighted by Crippen LogP contribution is -2.59. The fourth-order valence-corrected chi connectivity index (χ4v) is 4.59. The number of alkyl halides is 3. The molecule has 0 aliphatic carbocycles. The van der Waals surface area contributed by atoms with E-state index in [4.69, 9.17) is 9.47 Å². The van der Waals surface area contributed by atoms with Crippen LogP contribution in [0.1, 0.15) is 25.0 Å². The molecule has 4 rings (SSSR count). The van der Waals surface area contributed by atoms with E-state index in [1.807, 2.05) is 31.2 Å². The Kier molecular flexibility index (Phi) is 6.45. The van der Waals surface area contributed by atoms with Gasteiger partial charge in [0.1, 0.15) is 11.3 Å². The van der Waals surface area contributed by atoms with Gasteiger partial charge in [0.05, 0.1) is 30.2 Å². The van der Waals surface area contributed by atoms with Crippen molar-refractivity contribution in [1.82, 2.24) is 14.5 Å². The molecule has 0 radical (unpaired) electrons. The number of hydrogen-bond donors (Lipinski definition) is 1. The van der Waals surface area contributed by atoms with E-state index in [9.17, 15) is 21.6 Å². The highest BCUT2D eigenvalue weighted by Gasteiger charge is 2.43. The highest BCUT2D eigenvalue weighted by atomic mass is 32.2. The molecule has 1 saturated heterocycles. The first-order valence-corrected chi connectivity index (χ1v) is 12.3. The van der Waals surface area contributed by atoms with Gasteiger partial charge in [0.25, 0.3) is 0 Å². The first-order chi connectivity index (χ1) is 16.0. The maximum absolute atomic E-state index is 12.8. The average molecular weight is 496 g/mol. The SMILES string of the molecule is CCn1nc(-c2cccc(C3(NS(=O)(=O)CC)COC3)c2)cc1Oc1ccc(C(F)(F)F)cc1. The number of sulfonamides is 1. The zero-order chi connectivity index (χ0) is 24.6. The Morgan fingerprint density at radius 3 is 2.38 bits per heavy atom. The molecule has 182 valence electrons. The van der Waals surface area contributed by atoms with E-state index in [1.165, 1.54) is 12.1 Å². The maximum Gasteiger partial charge on any atom is 0.416 e. The van der Waals surface area contributed by atoms with E-state index in [0.717, 1.165) is 23.3 Å². The molecule has 34 heavy (non-hydrogen) atoms. The molecule has 0 unspecified atom stereocenters. The molecule has 1 aromatic heterocycles. The molecule has 2 aromatic carbocycles. The molecule has 3 aromatic rings. The summed E-state index contributed by atoms with van der Waals surface area (Å²) in [5, 5.41) is 4.55. The fourth-order valence-electron chi connectivity index (χ4n) is 3.62. The number of nitrogens with one attached hydrogen (secondary N) is 1.